The molecule has 9 heteroatoms. The van der Waals surface area contributed by atoms with Gasteiger partial charge in [0.05, 0.1) is 22.3 Å². The number of rotatable bonds is 3. The first kappa shape index (κ1) is 16.7. The topological polar surface area (TPSA) is 103 Å². The van der Waals surface area contributed by atoms with Crippen LogP contribution in [0, 0.1) is 5.82 Å². The van der Waals surface area contributed by atoms with Gasteiger partial charge < -0.3 is 20.7 Å². The Morgan fingerprint density at radius 1 is 1.42 bits per heavy atom. The molecule has 0 radical (unpaired) electrons. The van der Waals surface area contributed by atoms with Gasteiger partial charge >= 0.3 is 0 Å². The van der Waals surface area contributed by atoms with Crippen molar-refractivity contribution in [2.45, 2.75) is 12.5 Å². The molecule has 1 atom stereocenters. The van der Waals surface area contributed by atoms with Gasteiger partial charge in [-0.25, -0.2) is 14.4 Å². The van der Waals surface area contributed by atoms with Crippen molar-refractivity contribution in [2.24, 2.45) is 10.7 Å². The maximum Gasteiger partial charge on any atom is 0.205 e. The molecule has 0 spiro atoms. The summed E-state index contributed by atoms with van der Waals surface area (Å²) in [6.45, 7) is 1.24. The molecule has 0 saturated carbocycles. The zero-order chi connectivity index (χ0) is 18.3. The molecule has 0 unspecified atom stereocenters. The van der Waals surface area contributed by atoms with Crippen LogP contribution in [0.5, 0.6) is 0 Å². The minimum atomic E-state index is -0.512. The number of aliphatic hydroxyl groups excluding tert-OH is 1. The van der Waals surface area contributed by atoms with Crippen LogP contribution in [0.4, 0.5) is 16.0 Å². The SMILES string of the molecule is NC(=Nc1ccc(F)c(Cl)c1)c1ccnc2nc(N3CC[C@H](O)C3)[nH]c12. The predicted octanol–water partition coefficient (Wildman–Crippen LogP) is 2.36. The van der Waals surface area contributed by atoms with Gasteiger partial charge in [-0.15, -0.1) is 0 Å². The highest BCUT2D eigenvalue weighted by molar-refractivity contribution is 6.31. The fourth-order valence-electron chi connectivity index (χ4n) is 2.95. The molecule has 1 saturated heterocycles. The zero-order valence-electron chi connectivity index (χ0n) is 13.7. The smallest absolute Gasteiger partial charge is 0.205 e. The van der Waals surface area contributed by atoms with Gasteiger partial charge in [0, 0.05) is 24.8 Å². The molecule has 0 bridgehead atoms. The van der Waals surface area contributed by atoms with E-state index in [-0.39, 0.29) is 17.0 Å². The highest BCUT2D eigenvalue weighted by atomic mass is 35.5. The van der Waals surface area contributed by atoms with Gasteiger partial charge in [0.25, 0.3) is 0 Å². The zero-order valence-corrected chi connectivity index (χ0v) is 14.4. The number of halogens is 2. The molecule has 3 aromatic rings. The van der Waals surface area contributed by atoms with Crippen molar-refractivity contribution in [1.82, 2.24) is 15.0 Å². The summed E-state index contributed by atoms with van der Waals surface area (Å²) in [5.74, 6) is 0.354. The lowest BCUT2D eigenvalue weighted by atomic mass is 10.2. The predicted molar refractivity (Wildman–Crippen MR) is 98.5 cm³/mol. The van der Waals surface area contributed by atoms with Crippen molar-refractivity contribution in [3.05, 3.63) is 46.9 Å². The molecule has 1 fully saturated rings. The van der Waals surface area contributed by atoms with Crippen LogP contribution in [0.1, 0.15) is 12.0 Å². The first-order valence-corrected chi connectivity index (χ1v) is 8.46. The number of aliphatic hydroxyl groups is 1. The fraction of sp³-hybridized carbons (Fsp3) is 0.235. The van der Waals surface area contributed by atoms with Crippen LogP contribution in [-0.2, 0) is 0 Å². The Bertz CT molecular complexity index is 1000. The number of β-amino-alcohol motifs (C(OH)–C–C–N with tert-alkyl or cyclic N) is 1. The van der Waals surface area contributed by atoms with E-state index in [1.54, 1.807) is 12.3 Å². The Kier molecular flexibility index (Phi) is 4.21. The first-order valence-electron chi connectivity index (χ1n) is 8.08. The summed E-state index contributed by atoms with van der Waals surface area (Å²) in [6.07, 6.45) is 1.94. The summed E-state index contributed by atoms with van der Waals surface area (Å²) in [5.41, 5.74) is 8.39. The summed E-state index contributed by atoms with van der Waals surface area (Å²) in [7, 11) is 0. The molecule has 0 aliphatic carbocycles. The number of nitrogens with two attached hydrogens (primary N) is 1. The third kappa shape index (κ3) is 3.09. The molecule has 134 valence electrons. The average molecular weight is 375 g/mol. The van der Waals surface area contributed by atoms with Crippen LogP contribution < -0.4 is 10.6 Å². The second-order valence-corrected chi connectivity index (χ2v) is 6.51. The maximum atomic E-state index is 13.3. The van der Waals surface area contributed by atoms with Crippen molar-refractivity contribution in [2.75, 3.05) is 18.0 Å². The van der Waals surface area contributed by atoms with Crippen LogP contribution in [-0.4, -0.2) is 45.1 Å². The van der Waals surface area contributed by atoms with Gasteiger partial charge in [-0.2, -0.15) is 4.98 Å². The van der Waals surface area contributed by atoms with E-state index in [0.717, 1.165) is 0 Å². The van der Waals surface area contributed by atoms with Crippen molar-refractivity contribution in [3.8, 4) is 0 Å². The van der Waals surface area contributed by atoms with Crippen molar-refractivity contribution in [3.63, 3.8) is 0 Å². The molecule has 1 aliphatic rings. The minimum Gasteiger partial charge on any atom is -0.391 e. The number of amidine groups is 1. The largest absolute Gasteiger partial charge is 0.391 e. The number of nitrogens with zero attached hydrogens (tertiary/aromatic N) is 4. The van der Waals surface area contributed by atoms with Crippen molar-refractivity contribution in [1.29, 1.82) is 0 Å². The summed E-state index contributed by atoms with van der Waals surface area (Å²) in [5, 5.41) is 9.69. The fourth-order valence-corrected chi connectivity index (χ4v) is 3.12. The average Bonchev–Trinajstić information content (AvgIpc) is 3.23. The number of H-pyrrole nitrogens is 1. The maximum absolute atomic E-state index is 13.3. The number of fused-ring (bicyclic) bond motifs is 1. The van der Waals surface area contributed by atoms with Crippen LogP contribution in [0.2, 0.25) is 5.02 Å². The Morgan fingerprint density at radius 3 is 3.00 bits per heavy atom. The number of benzene rings is 1. The lowest BCUT2D eigenvalue weighted by Crippen LogP contribution is -2.22. The van der Waals surface area contributed by atoms with Gasteiger partial charge in [0.1, 0.15) is 11.7 Å². The Hall–Kier alpha value is -2.71. The van der Waals surface area contributed by atoms with Crippen LogP contribution in [0.15, 0.2) is 35.5 Å². The number of anilines is 1. The minimum absolute atomic E-state index is 0.0182. The molecule has 3 heterocycles. The summed E-state index contributed by atoms with van der Waals surface area (Å²) < 4.78 is 13.3. The summed E-state index contributed by atoms with van der Waals surface area (Å²) in [4.78, 5) is 18.2. The summed E-state index contributed by atoms with van der Waals surface area (Å²) >= 11 is 5.79. The first-order chi connectivity index (χ1) is 12.5. The number of nitrogens with one attached hydrogen (secondary N) is 1. The molecule has 4 rings (SSSR count). The van der Waals surface area contributed by atoms with E-state index in [1.807, 2.05) is 4.90 Å². The van der Waals surface area contributed by atoms with Gasteiger partial charge in [-0.3, -0.25) is 0 Å². The third-order valence-electron chi connectivity index (χ3n) is 4.27. The lowest BCUT2D eigenvalue weighted by Gasteiger charge is -2.12. The molecule has 26 heavy (non-hydrogen) atoms. The van der Waals surface area contributed by atoms with E-state index >= 15 is 0 Å². The van der Waals surface area contributed by atoms with Crippen molar-refractivity contribution >= 4 is 40.2 Å². The van der Waals surface area contributed by atoms with Gasteiger partial charge in [0.15, 0.2) is 5.65 Å². The standard InChI is InChI=1S/C17H16ClFN6O/c18-12-7-9(1-2-13(12)19)22-15(20)11-3-5-21-16-14(11)23-17(24-16)25-6-4-10(26)8-25/h1-3,5,7,10,26H,4,6,8H2,(H2,20,22)(H,21,23,24)/t10-/m0/s1. The molecule has 2 aromatic heterocycles. The number of aliphatic imine (C=N–C) groups is 1. The molecular weight excluding hydrogens is 359 g/mol. The molecule has 7 nitrogen and oxygen atoms in total. The number of aromatic amines is 1. The van der Waals surface area contributed by atoms with Crippen LogP contribution in [0.25, 0.3) is 11.2 Å². The Morgan fingerprint density at radius 2 is 2.27 bits per heavy atom. The van der Waals surface area contributed by atoms with Gasteiger partial charge in [0.2, 0.25) is 5.95 Å². The van der Waals surface area contributed by atoms with E-state index in [0.29, 0.717) is 47.9 Å². The monoisotopic (exact) mass is 374 g/mol. The molecular formula is C17H16ClFN6O. The normalized spacial score (nSPS) is 18.0. The summed E-state index contributed by atoms with van der Waals surface area (Å²) in [6, 6.07) is 5.87. The van der Waals surface area contributed by atoms with Crippen molar-refractivity contribution < 1.29 is 9.50 Å². The molecule has 1 aromatic carbocycles. The second kappa shape index (κ2) is 6.54. The lowest BCUT2D eigenvalue weighted by molar-refractivity contribution is 0.198. The quantitative estimate of drug-likeness (QED) is 0.482. The third-order valence-corrected chi connectivity index (χ3v) is 4.56. The molecule has 1 aliphatic heterocycles. The Labute approximate surface area is 153 Å². The van der Waals surface area contributed by atoms with E-state index in [9.17, 15) is 9.50 Å². The van der Waals surface area contributed by atoms with Crippen LogP contribution >= 0.6 is 11.6 Å². The van der Waals surface area contributed by atoms with E-state index < -0.39 is 5.82 Å². The highest BCUT2D eigenvalue weighted by Gasteiger charge is 2.23. The number of imidazole rings is 1. The number of hydrogen-bond acceptors (Lipinski definition) is 5. The van der Waals surface area contributed by atoms with Gasteiger partial charge in [-0.1, -0.05) is 11.6 Å². The number of pyridine rings is 1. The highest BCUT2D eigenvalue weighted by Crippen LogP contribution is 2.25. The molecule has 4 N–H and O–H groups in total. The van der Waals surface area contributed by atoms with E-state index in [1.165, 1.54) is 18.2 Å². The number of aromatic nitrogens is 3. The van der Waals surface area contributed by atoms with E-state index in [2.05, 4.69) is 19.9 Å². The van der Waals surface area contributed by atoms with E-state index in [4.69, 9.17) is 17.3 Å². The second-order valence-electron chi connectivity index (χ2n) is 6.10. The van der Waals surface area contributed by atoms with Crippen LogP contribution in [0.3, 0.4) is 0 Å². The molecule has 0 amide bonds. The van der Waals surface area contributed by atoms with Gasteiger partial charge in [-0.05, 0) is 30.7 Å². The Balaban J connectivity index is 1.72. The number of hydrogen-bond donors (Lipinski definition) is 3.